The lowest BCUT2D eigenvalue weighted by molar-refractivity contribution is 0.0991. The maximum Gasteiger partial charge on any atom is 0.379 e. The average molecular weight is 436 g/mol. The number of amides is 1. The summed E-state index contributed by atoms with van der Waals surface area (Å²) in [6, 6.07) is 10.0. The molecule has 0 spiro atoms. The first-order valence-electron chi connectivity index (χ1n) is 8.68. The van der Waals surface area contributed by atoms with Crippen LogP contribution < -0.4 is 20.7 Å². The van der Waals surface area contributed by atoms with Gasteiger partial charge in [0.1, 0.15) is 0 Å². The lowest BCUT2D eigenvalue weighted by Crippen LogP contribution is -2.16. The van der Waals surface area contributed by atoms with Crippen LogP contribution in [0, 0.1) is 11.3 Å². The summed E-state index contributed by atoms with van der Waals surface area (Å²) in [5, 5.41) is 25.3. The number of anilines is 2. The summed E-state index contributed by atoms with van der Waals surface area (Å²) in [5.41, 5.74) is 0.689. The standard InChI is InChI=1S/C20H16N6O4S/c1-11(2)26(22-3)20-25-24-19(31-20)23-17(27)15-9-14(16(29-4)18(28)30-15)13-8-6-5-7-12(13)10-21/h5-9H,1,3H2,2,4H3,(H,23,24,27). The maximum atomic E-state index is 12.7. The highest BCUT2D eigenvalue weighted by Gasteiger charge is 2.21. The molecule has 0 fully saturated rings. The second-order valence-corrected chi connectivity index (χ2v) is 6.99. The van der Waals surface area contributed by atoms with Crippen molar-refractivity contribution in [2.75, 3.05) is 17.4 Å². The number of allylic oxidation sites excluding steroid dienone is 1. The zero-order chi connectivity index (χ0) is 22.5. The molecule has 0 aliphatic carbocycles. The molecule has 0 saturated carbocycles. The van der Waals surface area contributed by atoms with Gasteiger partial charge in [0, 0.05) is 23.5 Å². The van der Waals surface area contributed by atoms with Crippen molar-refractivity contribution in [3.05, 3.63) is 64.4 Å². The molecule has 11 heteroatoms. The van der Waals surface area contributed by atoms with Crippen LogP contribution in [0.15, 0.2) is 56.9 Å². The van der Waals surface area contributed by atoms with Crippen LogP contribution in [0.2, 0.25) is 0 Å². The first-order valence-corrected chi connectivity index (χ1v) is 9.50. The molecular weight excluding hydrogens is 420 g/mol. The molecule has 0 aliphatic heterocycles. The van der Waals surface area contributed by atoms with Crippen molar-refractivity contribution in [2.45, 2.75) is 6.92 Å². The van der Waals surface area contributed by atoms with Crippen molar-refractivity contribution in [3.63, 3.8) is 0 Å². The summed E-state index contributed by atoms with van der Waals surface area (Å²) in [4.78, 5) is 25.1. The third-order valence-corrected chi connectivity index (χ3v) is 4.81. The van der Waals surface area contributed by atoms with Gasteiger partial charge < -0.3 is 9.15 Å². The van der Waals surface area contributed by atoms with Crippen LogP contribution in [0.25, 0.3) is 11.1 Å². The van der Waals surface area contributed by atoms with Crippen molar-refractivity contribution < 1.29 is 13.9 Å². The Balaban J connectivity index is 1.98. The van der Waals surface area contributed by atoms with Crippen molar-refractivity contribution in [1.29, 1.82) is 5.26 Å². The van der Waals surface area contributed by atoms with Gasteiger partial charge in [-0.2, -0.15) is 10.4 Å². The highest BCUT2D eigenvalue weighted by molar-refractivity contribution is 7.19. The highest BCUT2D eigenvalue weighted by Crippen LogP contribution is 2.31. The molecule has 2 aromatic heterocycles. The SMILES string of the molecule is C=NN(C(=C)C)c1nnc(NC(=O)c2cc(-c3ccccc3C#N)c(OC)c(=O)o2)s1. The predicted molar refractivity (Wildman–Crippen MR) is 116 cm³/mol. The molecule has 0 saturated heterocycles. The third kappa shape index (κ3) is 4.34. The van der Waals surface area contributed by atoms with E-state index in [1.54, 1.807) is 31.2 Å². The van der Waals surface area contributed by atoms with Crippen LogP contribution in [0.3, 0.4) is 0 Å². The summed E-state index contributed by atoms with van der Waals surface area (Å²) in [6.45, 7) is 8.90. The summed E-state index contributed by atoms with van der Waals surface area (Å²) in [6.07, 6.45) is 0. The number of nitrogens with one attached hydrogen (secondary N) is 1. The van der Waals surface area contributed by atoms with E-state index >= 15 is 0 Å². The van der Waals surface area contributed by atoms with Gasteiger partial charge in [-0.25, -0.2) is 9.80 Å². The minimum Gasteiger partial charge on any atom is -0.489 e. The van der Waals surface area contributed by atoms with Crippen LogP contribution in [-0.4, -0.2) is 29.9 Å². The molecule has 3 rings (SSSR count). The smallest absolute Gasteiger partial charge is 0.379 e. The fraction of sp³-hybridized carbons (Fsp3) is 0.100. The number of hydrogen-bond acceptors (Lipinski definition) is 10. The molecule has 31 heavy (non-hydrogen) atoms. The van der Waals surface area contributed by atoms with Gasteiger partial charge >= 0.3 is 5.63 Å². The minimum absolute atomic E-state index is 0.119. The molecule has 0 atom stereocenters. The molecule has 1 N–H and O–H groups in total. The number of methoxy groups -OCH3 is 1. The Morgan fingerprint density at radius 3 is 2.74 bits per heavy atom. The quantitative estimate of drug-likeness (QED) is 0.441. The zero-order valence-electron chi connectivity index (χ0n) is 16.6. The van der Waals surface area contributed by atoms with Crippen LogP contribution in [0.1, 0.15) is 23.0 Å². The number of hydrogen-bond donors (Lipinski definition) is 1. The Bertz CT molecular complexity index is 1270. The molecule has 0 radical (unpaired) electrons. The van der Waals surface area contributed by atoms with Gasteiger partial charge in [-0.1, -0.05) is 36.1 Å². The Hall–Kier alpha value is -4.30. The van der Waals surface area contributed by atoms with E-state index in [2.05, 4.69) is 40.0 Å². The third-order valence-electron chi connectivity index (χ3n) is 3.99. The van der Waals surface area contributed by atoms with E-state index in [1.807, 2.05) is 0 Å². The number of carbonyl (C=O) groups is 1. The van der Waals surface area contributed by atoms with E-state index in [-0.39, 0.29) is 22.2 Å². The maximum absolute atomic E-state index is 12.7. The van der Waals surface area contributed by atoms with Gasteiger partial charge in [0.05, 0.1) is 18.7 Å². The van der Waals surface area contributed by atoms with E-state index in [1.165, 1.54) is 18.2 Å². The number of nitrogens with zero attached hydrogens (tertiary/aromatic N) is 5. The summed E-state index contributed by atoms with van der Waals surface area (Å²) < 4.78 is 10.3. The van der Waals surface area contributed by atoms with Crippen LogP contribution in [0.4, 0.5) is 10.3 Å². The number of rotatable bonds is 7. The Labute approximate surface area is 180 Å². The summed E-state index contributed by atoms with van der Waals surface area (Å²) in [7, 11) is 1.30. The molecule has 0 bridgehead atoms. The molecule has 1 amide bonds. The molecule has 156 valence electrons. The average Bonchev–Trinajstić information content (AvgIpc) is 3.21. The van der Waals surface area contributed by atoms with E-state index < -0.39 is 11.5 Å². The Morgan fingerprint density at radius 1 is 1.35 bits per heavy atom. The van der Waals surface area contributed by atoms with E-state index in [4.69, 9.17) is 9.15 Å². The van der Waals surface area contributed by atoms with Crippen molar-refractivity contribution in [1.82, 2.24) is 10.2 Å². The second kappa shape index (κ2) is 9.02. The van der Waals surface area contributed by atoms with E-state index in [0.29, 0.717) is 22.0 Å². The van der Waals surface area contributed by atoms with Crippen LogP contribution in [-0.2, 0) is 0 Å². The predicted octanol–water partition coefficient (Wildman–Crippen LogP) is 3.25. The van der Waals surface area contributed by atoms with Gasteiger partial charge in [0.25, 0.3) is 5.91 Å². The topological polar surface area (TPSA) is 134 Å². The van der Waals surface area contributed by atoms with Crippen LogP contribution >= 0.6 is 11.3 Å². The zero-order valence-corrected chi connectivity index (χ0v) is 17.4. The van der Waals surface area contributed by atoms with Gasteiger partial charge in [-0.3, -0.25) is 10.1 Å². The first-order chi connectivity index (χ1) is 14.9. The van der Waals surface area contributed by atoms with E-state index in [0.717, 1.165) is 11.3 Å². The lowest BCUT2D eigenvalue weighted by Gasteiger charge is -2.12. The first kappa shape index (κ1) is 21.4. The van der Waals surface area contributed by atoms with Crippen molar-refractivity contribution in [2.24, 2.45) is 5.10 Å². The van der Waals surface area contributed by atoms with Crippen LogP contribution in [0.5, 0.6) is 5.75 Å². The number of carbonyl (C=O) groups excluding carboxylic acids is 1. The number of nitriles is 1. The molecular formula is C20H16N6O4S. The highest BCUT2D eigenvalue weighted by atomic mass is 32.1. The van der Waals surface area contributed by atoms with Gasteiger partial charge in [0.2, 0.25) is 16.0 Å². The monoisotopic (exact) mass is 436 g/mol. The fourth-order valence-electron chi connectivity index (χ4n) is 2.66. The molecule has 0 aliphatic rings. The molecule has 2 heterocycles. The molecule has 0 unspecified atom stereocenters. The van der Waals surface area contributed by atoms with Gasteiger partial charge in [-0.15, -0.1) is 10.2 Å². The van der Waals surface area contributed by atoms with Crippen molar-refractivity contribution in [3.8, 4) is 22.9 Å². The normalized spacial score (nSPS) is 10.1. The Kier molecular flexibility index (Phi) is 6.23. The lowest BCUT2D eigenvalue weighted by atomic mass is 10.00. The summed E-state index contributed by atoms with van der Waals surface area (Å²) in [5.74, 6) is -1.14. The van der Waals surface area contributed by atoms with E-state index in [9.17, 15) is 14.9 Å². The molecule has 3 aromatic rings. The number of benzene rings is 1. The summed E-state index contributed by atoms with van der Waals surface area (Å²) >= 11 is 1.03. The number of aromatic nitrogens is 2. The minimum atomic E-state index is -0.861. The Morgan fingerprint density at radius 2 is 2.10 bits per heavy atom. The molecule has 1 aromatic carbocycles. The fourth-order valence-corrected chi connectivity index (χ4v) is 3.44. The largest absolute Gasteiger partial charge is 0.489 e. The second-order valence-electron chi connectivity index (χ2n) is 6.03. The number of hydrazone groups is 1. The molecule has 10 nitrogen and oxygen atoms in total. The van der Waals surface area contributed by atoms with Gasteiger partial charge in [0.15, 0.2) is 5.76 Å². The van der Waals surface area contributed by atoms with Crippen molar-refractivity contribution >= 4 is 34.2 Å². The number of ether oxygens (including phenoxy) is 1. The van der Waals surface area contributed by atoms with Gasteiger partial charge in [-0.05, 0) is 19.1 Å².